The number of nitrogens with two attached hydrogens (primary N) is 1. The highest BCUT2D eigenvalue weighted by molar-refractivity contribution is 7.92. The standard InChI is InChI=1S/C29H23Cl2N5O5S/c1-3-41-29(38)26-25(19-4-8-20(30)9-5-19)24(16-32)28(37)36(27(26)33)34-17(2)18-6-12-22(13-7-18)35-42(39,40)23-14-10-21(31)11-15-23/h4-15,35H,3,33H2,1-2H3/b34-17+. The summed E-state index contributed by atoms with van der Waals surface area (Å²) in [7, 11) is -3.86. The number of rotatable bonds is 8. The van der Waals surface area contributed by atoms with Crippen LogP contribution in [0.25, 0.3) is 11.1 Å². The molecule has 0 aliphatic carbocycles. The summed E-state index contributed by atoms with van der Waals surface area (Å²) in [6.07, 6.45) is 0. The lowest BCUT2D eigenvalue weighted by Gasteiger charge is -2.16. The molecule has 0 unspecified atom stereocenters. The molecule has 10 nitrogen and oxygen atoms in total. The van der Waals surface area contributed by atoms with Crippen molar-refractivity contribution < 1.29 is 17.9 Å². The zero-order valence-electron chi connectivity index (χ0n) is 22.3. The number of pyridine rings is 1. The Morgan fingerprint density at radius 2 is 1.60 bits per heavy atom. The van der Waals surface area contributed by atoms with Crippen molar-refractivity contribution in [3.63, 3.8) is 0 Å². The van der Waals surface area contributed by atoms with E-state index in [9.17, 15) is 23.3 Å². The van der Waals surface area contributed by atoms with E-state index in [2.05, 4.69) is 9.82 Å². The van der Waals surface area contributed by atoms with Crippen LogP contribution in [0, 0.1) is 11.3 Å². The second-order valence-electron chi connectivity index (χ2n) is 8.79. The van der Waals surface area contributed by atoms with Crippen molar-refractivity contribution in [2.24, 2.45) is 5.10 Å². The second-order valence-corrected chi connectivity index (χ2v) is 11.3. The molecule has 0 aliphatic rings. The van der Waals surface area contributed by atoms with Gasteiger partial charge in [0.15, 0.2) is 0 Å². The molecule has 0 bridgehead atoms. The van der Waals surface area contributed by atoms with Crippen molar-refractivity contribution in [2.75, 3.05) is 17.1 Å². The van der Waals surface area contributed by atoms with Crippen molar-refractivity contribution in [1.82, 2.24) is 4.68 Å². The summed E-state index contributed by atoms with van der Waals surface area (Å²) in [4.78, 5) is 26.5. The Kier molecular flexibility index (Phi) is 9.02. The summed E-state index contributed by atoms with van der Waals surface area (Å²) in [5.74, 6) is -1.16. The number of hydrogen-bond acceptors (Lipinski definition) is 8. The highest BCUT2D eigenvalue weighted by Crippen LogP contribution is 2.31. The lowest BCUT2D eigenvalue weighted by molar-refractivity contribution is 0.0527. The summed E-state index contributed by atoms with van der Waals surface area (Å²) in [5.41, 5.74) is 6.37. The molecule has 3 N–H and O–H groups in total. The van der Waals surface area contributed by atoms with Gasteiger partial charge in [-0.1, -0.05) is 47.5 Å². The summed E-state index contributed by atoms with van der Waals surface area (Å²) in [6.45, 7) is 3.22. The van der Waals surface area contributed by atoms with Crippen LogP contribution in [0.2, 0.25) is 10.0 Å². The first kappa shape index (κ1) is 30.3. The van der Waals surface area contributed by atoms with Crippen molar-refractivity contribution in [1.29, 1.82) is 5.26 Å². The molecule has 4 aromatic rings. The average molecular weight is 625 g/mol. The van der Waals surface area contributed by atoms with Crippen LogP contribution in [-0.4, -0.2) is 31.4 Å². The van der Waals surface area contributed by atoms with Gasteiger partial charge in [0.25, 0.3) is 15.6 Å². The van der Waals surface area contributed by atoms with Crippen LogP contribution in [0.15, 0.2) is 87.6 Å². The van der Waals surface area contributed by atoms with Crippen LogP contribution < -0.4 is 16.0 Å². The Bertz CT molecular complexity index is 1900. The summed E-state index contributed by atoms with van der Waals surface area (Å²) in [5, 5.41) is 15.1. The number of esters is 1. The first-order valence-electron chi connectivity index (χ1n) is 12.3. The Balaban J connectivity index is 1.76. The molecule has 42 heavy (non-hydrogen) atoms. The molecular formula is C29H23Cl2N5O5S. The summed E-state index contributed by atoms with van der Waals surface area (Å²) in [6, 6.07) is 20.0. The number of benzene rings is 3. The monoisotopic (exact) mass is 623 g/mol. The van der Waals surface area contributed by atoms with Crippen LogP contribution in [0.1, 0.15) is 35.3 Å². The predicted octanol–water partition coefficient (Wildman–Crippen LogP) is 5.53. The second kappa shape index (κ2) is 12.5. The van der Waals surface area contributed by atoms with Crippen LogP contribution in [-0.2, 0) is 14.8 Å². The number of nitrogens with zero attached hydrogens (tertiary/aromatic N) is 3. The van der Waals surface area contributed by atoms with Crippen LogP contribution >= 0.6 is 23.2 Å². The smallest absolute Gasteiger partial charge is 0.342 e. The van der Waals surface area contributed by atoms with Gasteiger partial charge in [0, 0.05) is 21.3 Å². The van der Waals surface area contributed by atoms with E-state index in [1.165, 1.54) is 36.4 Å². The van der Waals surface area contributed by atoms with Crippen molar-refractivity contribution in [2.45, 2.75) is 18.7 Å². The zero-order valence-corrected chi connectivity index (χ0v) is 24.6. The topological polar surface area (TPSA) is 157 Å². The lowest BCUT2D eigenvalue weighted by Crippen LogP contribution is -2.28. The normalized spacial score (nSPS) is 11.5. The molecule has 0 radical (unpaired) electrons. The highest BCUT2D eigenvalue weighted by Gasteiger charge is 2.27. The van der Waals surface area contributed by atoms with E-state index in [0.29, 0.717) is 21.2 Å². The van der Waals surface area contributed by atoms with E-state index < -0.39 is 21.6 Å². The largest absolute Gasteiger partial charge is 0.462 e. The SMILES string of the molecule is CCOC(=O)c1c(-c2ccc(Cl)cc2)c(C#N)c(=O)n(/N=C(\C)c2ccc(NS(=O)(=O)c3ccc(Cl)cc3)cc2)c1N. The maximum Gasteiger partial charge on any atom is 0.342 e. The first-order chi connectivity index (χ1) is 20.0. The van der Waals surface area contributed by atoms with E-state index in [-0.39, 0.29) is 45.4 Å². The number of sulfonamides is 1. The number of anilines is 2. The number of nitrogens with one attached hydrogen (secondary N) is 1. The maximum atomic E-state index is 13.4. The summed E-state index contributed by atoms with van der Waals surface area (Å²) >= 11 is 11.8. The van der Waals surface area contributed by atoms with E-state index in [1.54, 1.807) is 50.2 Å². The Morgan fingerprint density at radius 1 is 1.02 bits per heavy atom. The minimum atomic E-state index is -3.86. The number of aromatic nitrogens is 1. The third-order valence-corrected chi connectivity index (χ3v) is 7.94. The number of carbonyl (C=O) groups excluding carboxylic acids is 1. The van der Waals surface area contributed by atoms with E-state index in [1.807, 2.05) is 6.07 Å². The van der Waals surface area contributed by atoms with E-state index in [0.717, 1.165) is 4.68 Å². The molecule has 3 aromatic carbocycles. The molecule has 4 rings (SSSR count). The fourth-order valence-electron chi connectivity index (χ4n) is 4.01. The van der Waals surface area contributed by atoms with Gasteiger partial charge in [0.2, 0.25) is 0 Å². The van der Waals surface area contributed by atoms with Gasteiger partial charge in [0.05, 0.1) is 17.2 Å². The number of nitriles is 1. The van der Waals surface area contributed by atoms with Gasteiger partial charge < -0.3 is 10.5 Å². The molecule has 1 heterocycles. The molecule has 0 amide bonds. The molecule has 0 atom stereocenters. The van der Waals surface area contributed by atoms with Gasteiger partial charge in [0.1, 0.15) is 23.0 Å². The van der Waals surface area contributed by atoms with Gasteiger partial charge in [-0.3, -0.25) is 9.52 Å². The highest BCUT2D eigenvalue weighted by atomic mass is 35.5. The predicted molar refractivity (Wildman–Crippen MR) is 163 cm³/mol. The number of nitrogen functional groups attached to an aromatic ring is 1. The lowest BCUT2D eigenvalue weighted by atomic mass is 9.96. The molecule has 0 spiro atoms. The van der Waals surface area contributed by atoms with Crippen LogP contribution in [0.5, 0.6) is 0 Å². The van der Waals surface area contributed by atoms with Gasteiger partial charge in [-0.25, -0.2) is 13.2 Å². The number of halogens is 2. The minimum Gasteiger partial charge on any atom is -0.462 e. The fraction of sp³-hybridized carbons (Fsp3) is 0.103. The van der Waals surface area contributed by atoms with Crippen LogP contribution in [0.4, 0.5) is 11.5 Å². The molecule has 0 aliphatic heterocycles. The van der Waals surface area contributed by atoms with Gasteiger partial charge in [-0.05, 0) is 73.5 Å². The van der Waals surface area contributed by atoms with Crippen molar-refractivity contribution >= 4 is 56.4 Å². The van der Waals surface area contributed by atoms with Crippen LogP contribution in [0.3, 0.4) is 0 Å². The van der Waals surface area contributed by atoms with Gasteiger partial charge in [-0.15, -0.1) is 0 Å². The number of ether oxygens (including phenoxy) is 1. The van der Waals surface area contributed by atoms with Crippen molar-refractivity contribution in [3.8, 4) is 17.2 Å². The Hall–Kier alpha value is -4.63. The van der Waals surface area contributed by atoms with E-state index in [4.69, 9.17) is 33.7 Å². The fourth-order valence-corrected chi connectivity index (χ4v) is 5.32. The quantitative estimate of drug-likeness (QED) is 0.193. The summed E-state index contributed by atoms with van der Waals surface area (Å²) < 4.78 is 33.8. The minimum absolute atomic E-state index is 0.0107. The third kappa shape index (κ3) is 6.31. The Labute approximate surface area is 251 Å². The van der Waals surface area contributed by atoms with Gasteiger partial charge >= 0.3 is 5.97 Å². The van der Waals surface area contributed by atoms with Gasteiger partial charge in [-0.2, -0.15) is 15.0 Å². The molecule has 0 saturated heterocycles. The molecule has 1 aromatic heterocycles. The molecule has 13 heteroatoms. The third-order valence-electron chi connectivity index (χ3n) is 6.04. The Morgan fingerprint density at radius 3 is 2.14 bits per heavy atom. The molecular weight excluding hydrogens is 601 g/mol. The van der Waals surface area contributed by atoms with E-state index >= 15 is 0 Å². The first-order valence-corrected chi connectivity index (χ1v) is 14.6. The molecule has 0 saturated carbocycles. The van der Waals surface area contributed by atoms with Crippen molar-refractivity contribution in [3.05, 3.63) is 110 Å². The average Bonchev–Trinajstić information content (AvgIpc) is 2.96. The maximum absolute atomic E-state index is 13.4. The molecule has 214 valence electrons. The number of hydrogen-bond donors (Lipinski definition) is 2. The molecule has 0 fully saturated rings. The zero-order chi connectivity index (χ0) is 30.6. The number of carbonyl (C=O) groups is 1.